The first-order chi connectivity index (χ1) is 15.5. The van der Waals surface area contributed by atoms with Gasteiger partial charge in [0.2, 0.25) is 5.88 Å². The van der Waals surface area contributed by atoms with E-state index >= 15 is 0 Å². The van der Waals surface area contributed by atoms with Crippen LogP contribution in [0, 0.1) is 5.41 Å². The lowest BCUT2D eigenvalue weighted by molar-refractivity contribution is 0.135. The van der Waals surface area contributed by atoms with Crippen LogP contribution >= 0.6 is 0 Å². The number of amides is 1. The highest BCUT2D eigenvalue weighted by molar-refractivity contribution is 5.96. The van der Waals surface area contributed by atoms with Crippen molar-refractivity contribution in [3.63, 3.8) is 0 Å². The monoisotopic (exact) mass is 466 g/mol. The van der Waals surface area contributed by atoms with Crippen molar-refractivity contribution >= 4 is 11.9 Å². The third-order valence-corrected chi connectivity index (χ3v) is 5.66. The standard InChI is InChI=1S/C22H38N6O5/c1-5-6-12-27-18(29)16(17(23)24)19(30)28(21(27)32)15-9-7-14(8-10-15)25-11-13-33-20(31)26-22(2,3)4/h14-15,25,29H,5-13H2,1-4H3,(H3,23,24)(H,26,31). The van der Waals surface area contributed by atoms with Crippen LogP contribution in [0.2, 0.25) is 0 Å². The quantitative estimate of drug-likeness (QED) is 0.208. The molecule has 33 heavy (non-hydrogen) atoms. The van der Waals surface area contributed by atoms with E-state index in [4.69, 9.17) is 15.9 Å². The highest BCUT2D eigenvalue weighted by atomic mass is 16.5. The molecule has 1 aromatic rings. The van der Waals surface area contributed by atoms with E-state index < -0.39 is 29.1 Å². The van der Waals surface area contributed by atoms with E-state index in [1.165, 1.54) is 0 Å². The smallest absolute Gasteiger partial charge is 0.407 e. The second-order valence-corrected chi connectivity index (χ2v) is 9.55. The molecule has 0 atom stereocenters. The zero-order chi connectivity index (χ0) is 24.8. The summed E-state index contributed by atoms with van der Waals surface area (Å²) in [7, 11) is 0. The van der Waals surface area contributed by atoms with E-state index in [1.54, 1.807) is 0 Å². The third kappa shape index (κ3) is 7.08. The second kappa shape index (κ2) is 11.4. The van der Waals surface area contributed by atoms with Gasteiger partial charge in [-0.1, -0.05) is 13.3 Å². The van der Waals surface area contributed by atoms with Gasteiger partial charge in [0.25, 0.3) is 5.56 Å². The molecule has 0 saturated heterocycles. The first-order valence-electron chi connectivity index (χ1n) is 11.6. The molecule has 0 spiro atoms. The van der Waals surface area contributed by atoms with Gasteiger partial charge in [-0.25, -0.2) is 9.59 Å². The summed E-state index contributed by atoms with van der Waals surface area (Å²) in [5, 5.41) is 24.2. The summed E-state index contributed by atoms with van der Waals surface area (Å²) in [6.45, 7) is 8.59. The van der Waals surface area contributed by atoms with Crippen molar-refractivity contribution in [1.29, 1.82) is 5.41 Å². The van der Waals surface area contributed by atoms with Gasteiger partial charge in [0.15, 0.2) is 0 Å². The summed E-state index contributed by atoms with van der Waals surface area (Å²) >= 11 is 0. The lowest BCUT2D eigenvalue weighted by Gasteiger charge is -2.30. The molecular weight excluding hydrogens is 428 g/mol. The van der Waals surface area contributed by atoms with E-state index in [1.807, 2.05) is 27.7 Å². The van der Waals surface area contributed by atoms with Crippen LogP contribution in [0.1, 0.15) is 77.8 Å². The molecule has 0 aliphatic heterocycles. The number of aromatic hydroxyl groups is 1. The molecule has 1 aromatic heterocycles. The molecule has 1 fully saturated rings. The van der Waals surface area contributed by atoms with Gasteiger partial charge in [0.05, 0.1) is 0 Å². The molecule has 0 aromatic carbocycles. The summed E-state index contributed by atoms with van der Waals surface area (Å²) in [5.41, 5.74) is 3.59. The summed E-state index contributed by atoms with van der Waals surface area (Å²) in [6.07, 6.45) is 3.64. The molecule has 1 saturated carbocycles. The number of nitrogen functional groups attached to an aromatic ring is 1. The van der Waals surface area contributed by atoms with Crippen molar-refractivity contribution in [3.8, 4) is 5.88 Å². The Labute approximate surface area is 193 Å². The highest BCUT2D eigenvalue weighted by Gasteiger charge is 2.28. The molecule has 11 nitrogen and oxygen atoms in total. The minimum Gasteiger partial charge on any atom is -0.494 e. The highest BCUT2D eigenvalue weighted by Crippen LogP contribution is 2.27. The Morgan fingerprint density at radius 1 is 1.24 bits per heavy atom. The fraction of sp³-hybridized carbons (Fsp3) is 0.727. The molecule has 1 aliphatic carbocycles. The van der Waals surface area contributed by atoms with E-state index in [-0.39, 0.29) is 36.3 Å². The number of nitrogens with one attached hydrogen (secondary N) is 3. The van der Waals surface area contributed by atoms with E-state index in [0.717, 1.165) is 28.4 Å². The average Bonchev–Trinajstić information content (AvgIpc) is 2.70. The SMILES string of the molecule is CCCCn1c(O)c(C(=N)N)c(=O)n(C2CCC(NCCOC(=O)NC(C)(C)C)CC2)c1=O. The summed E-state index contributed by atoms with van der Waals surface area (Å²) in [6, 6.07) is -0.152. The average molecular weight is 467 g/mol. The predicted molar refractivity (Wildman–Crippen MR) is 126 cm³/mol. The number of hydrogen-bond acceptors (Lipinski definition) is 7. The molecule has 11 heteroatoms. The minimum atomic E-state index is -0.715. The van der Waals surface area contributed by atoms with Crippen molar-refractivity contribution in [2.75, 3.05) is 13.2 Å². The largest absolute Gasteiger partial charge is 0.494 e. The molecular formula is C22H38N6O5. The second-order valence-electron chi connectivity index (χ2n) is 9.55. The molecule has 0 unspecified atom stereocenters. The number of alkyl carbamates (subject to hydrolysis) is 1. The maximum Gasteiger partial charge on any atom is 0.407 e. The Bertz CT molecular complexity index is 954. The van der Waals surface area contributed by atoms with E-state index in [9.17, 15) is 19.5 Å². The molecule has 2 rings (SSSR count). The summed E-state index contributed by atoms with van der Waals surface area (Å²) in [5.74, 6) is -1.09. The number of aromatic nitrogens is 2. The lowest BCUT2D eigenvalue weighted by Crippen LogP contribution is -2.47. The van der Waals surface area contributed by atoms with E-state index in [0.29, 0.717) is 25.8 Å². The number of rotatable bonds is 9. The number of carbonyl (C=O) groups is 1. The topological polar surface area (TPSA) is 164 Å². The van der Waals surface area contributed by atoms with Crippen LogP contribution in [-0.2, 0) is 11.3 Å². The van der Waals surface area contributed by atoms with Gasteiger partial charge >= 0.3 is 11.8 Å². The first kappa shape index (κ1) is 26.4. The molecule has 6 N–H and O–H groups in total. The van der Waals surface area contributed by atoms with Crippen LogP contribution in [0.25, 0.3) is 0 Å². The number of hydrogen-bond donors (Lipinski definition) is 5. The van der Waals surface area contributed by atoms with Crippen LogP contribution in [0.3, 0.4) is 0 Å². The zero-order valence-corrected chi connectivity index (χ0v) is 20.1. The van der Waals surface area contributed by atoms with Crippen molar-refractivity contribution in [2.45, 2.75) is 90.4 Å². The molecule has 1 amide bonds. The van der Waals surface area contributed by atoms with Crippen molar-refractivity contribution in [3.05, 3.63) is 26.4 Å². The van der Waals surface area contributed by atoms with Crippen LogP contribution in [-0.4, -0.2) is 50.9 Å². The van der Waals surface area contributed by atoms with Crippen LogP contribution in [0.5, 0.6) is 5.88 Å². The molecule has 186 valence electrons. The van der Waals surface area contributed by atoms with Crippen LogP contribution < -0.4 is 27.6 Å². The molecule has 0 bridgehead atoms. The number of nitrogens with two attached hydrogens (primary N) is 1. The predicted octanol–water partition coefficient (Wildman–Crippen LogP) is 1.40. The van der Waals surface area contributed by atoms with Crippen molar-refractivity contribution in [2.24, 2.45) is 5.73 Å². The lowest BCUT2D eigenvalue weighted by atomic mass is 9.91. The molecule has 1 aliphatic rings. The summed E-state index contributed by atoms with van der Waals surface area (Å²) < 4.78 is 7.47. The fourth-order valence-electron chi connectivity index (χ4n) is 4.02. The minimum absolute atomic E-state index is 0.179. The fourth-order valence-corrected chi connectivity index (χ4v) is 4.02. The van der Waals surface area contributed by atoms with Crippen molar-refractivity contribution < 1.29 is 14.6 Å². The van der Waals surface area contributed by atoms with Crippen LogP contribution in [0.4, 0.5) is 4.79 Å². The number of ether oxygens (including phenoxy) is 1. The molecule has 0 radical (unpaired) electrons. The van der Waals surface area contributed by atoms with Gasteiger partial charge < -0.3 is 26.2 Å². The third-order valence-electron chi connectivity index (χ3n) is 5.66. The Morgan fingerprint density at radius 2 is 1.88 bits per heavy atom. The van der Waals surface area contributed by atoms with Gasteiger partial charge in [-0.15, -0.1) is 0 Å². The Balaban J connectivity index is 2.02. The normalized spacial score (nSPS) is 18.7. The van der Waals surface area contributed by atoms with Gasteiger partial charge in [-0.05, 0) is 52.9 Å². The number of nitrogens with zero attached hydrogens (tertiary/aromatic N) is 2. The van der Waals surface area contributed by atoms with Gasteiger partial charge in [-0.2, -0.15) is 0 Å². The Hall–Kier alpha value is -2.82. The van der Waals surface area contributed by atoms with Crippen LogP contribution in [0.15, 0.2) is 9.59 Å². The Kier molecular flexibility index (Phi) is 9.09. The maximum absolute atomic E-state index is 13.0. The number of amidine groups is 1. The molecule has 1 heterocycles. The number of unbranched alkanes of at least 4 members (excludes halogenated alkanes) is 1. The summed E-state index contributed by atoms with van der Waals surface area (Å²) in [4.78, 5) is 37.7. The van der Waals surface area contributed by atoms with Gasteiger partial charge in [0, 0.05) is 30.7 Å². The zero-order valence-electron chi connectivity index (χ0n) is 20.1. The maximum atomic E-state index is 13.0. The van der Waals surface area contributed by atoms with Crippen molar-refractivity contribution in [1.82, 2.24) is 19.8 Å². The van der Waals surface area contributed by atoms with Gasteiger partial charge in [0.1, 0.15) is 18.0 Å². The van der Waals surface area contributed by atoms with Gasteiger partial charge in [-0.3, -0.25) is 19.3 Å². The van der Waals surface area contributed by atoms with E-state index in [2.05, 4.69) is 10.6 Å². The number of carbonyl (C=O) groups excluding carboxylic acids is 1. The first-order valence-corrected chi connectivity index (χ1v) is 11.6. The Morgan fingerprint density at radius 3 is 2.42 bits per heavy atom.